The lowest BCUT2D eigenvalue weighted by molar-refractivity contribution is -0.123. The number of carbonyl (C=O) groups excluding carboxylic acids is 2. The second-order valence-corrected chi connectivity index (χ2v) is 8.31. The summed E-state index contributed by atoms with van der Waals surface area (Å²) < 4.78 is 20.4. The Morgan fingerprint density at radius 3 is 2.31 bits per heavy atom. The molecular weight excluding hydrogens is 407 g/mol. The predicted molar refractivity (Wildman–Crippen MR) is 121 cm³/mol. The average molecular weight is 435 g/mol. The maximum atomic E-state index is 15.1. The van der Waals surface area contributed by atoms with Gasteiger partial charge >= 0.3 is 0 Å². The number of para-hydroxylation sites is 1. The molecule has 32 heavy (non-hydrogen) atoms. The van der Waals surface area contributed by atoms with Gasteiger partial charge in [-0.2, -0.15) is 0 Å². The van der Waals surface area contributed by atoms with Gasteiger partial charge in [-0.1, -0.05) is 49.2 Å². The van der Waals surface area contributed by atoms with Crippen LogP contribution in [0.1, 0.15) is 59.0 Å². The summed E-state index contributed by atoms with van der Waals surface area (Å²) in [4.78, 5) is 28.8. The molecule has 1 aliphatic rings. The van der Waals surface area contributed by atoms with Crippen LogP contribution in [0.2, 0.25) is 0 Å². The third kappa shape index (κ3) is 4.31. The number of furan rings is 1. The van der Waals surface area contributed by atoms with Crippen molar-refractivity contribution in [2.75, 3.05) is 4.90 Å². The molecule has 166 valence electrons. The number of carbonyl (C=O) groups is 2. The zero-order chi connectivity index (χ0) is 22.7. The molecule has 3 aromatic rings. The molecule has 1 aliphatic carbocycles. The molecule has 1 aromatic heterocycles. The Labute approximate surface area is 187 Å². The highest BCUT2D eigenvalue weighted by atomic mass is 19.1. The normalized spacial score (nSPS) is 14.8. The Bertz CT molecular complexity index is 1080. The van der Waals surface area contributed by atoms with E-state index in [0.29, 0.717) is 5.69 Å². The minimum atomic E-state index is -1.19. The summed E-state index contributed by atoms with van der Waals surface area (Å²) in [5.41, 5.74) is 2.33. The van der Waals surface area contributed by atoms with E-state index in [0.717, 1.165) is 36.8 Å². The lowest BCUT2D eigenvalue weighted by Crippen LogP contribution is -2.47. The molecule has 0 saturated heterocycles. The van der Waals surface area contributed by atoms with Crippen molar-refractivity contribution >= 4 is 17.5 Å². The van der Waals surface area contributed by atoms with E-state index in [1.807, 2.05) is 32.0 Å². The van der Waals surface area contributed by atoms with Gasteiger partial charge in [-0.05, 0) is 56.0 Å². The van der Waals surface area contributed by atoms with Crippen molar-refractivity contribution < 1.29 is 18.4 Å². The highest BCUT2D eigenvalue weighted by Gasteiger charge is 2.38. The second-order valence-electron chi connectivity index (χ2n) is 8.31. The first-order valence-electron chi connectivity index (χ1n) is 11.0. The van der Waals surface area contributed by atoms with Gasteiger partial charge in [0.15, 0.2) is 5.76 Å². The van der Waals surface area contributed by atoms with Gasteiger partial charge < -0.3 is 9.73 Å². The van der Waals surface area contributed by atoms with E-state index >= 15 is 4.39 Å². The number of nitrogens with zero attached hydrogens (tertiary/aromatic N) is 1. The van der Waals surface area contributed by atoms with Gasteiger partial charge in [0.25, 0.3) is 5.91 Å². The molecule has 0 aliphatic heterocycles. The largest absolute Gasteiger partial charge is 0.459 e. The molecule has 4 rings (SSSR count). The highest BCUT2D eigenvalue weighted by molar-refractivity contribution is 6.09. The Kier molecular flexibility index (Phi) is 6.40. The van der Waals surface area contributed by atoms with E-state index in [9.17, 15) is 9.59 Å². The van der Waals surface area contributed by atoms with E-state index in [2.05, 4.69) is 5.32 Å². The molecule has 1 fully saturated rings. The highest BCUT2D eigenvalue weighted by Crippen LogP contribution is 2.36. The number of hydrogen-bond donors (Lipinski definition) is 1. The third-order valence-electron chi connectivity index (χ3n) is 6.04. The zero-order valence-corrected chi connectivity index (χ0v) is 18.3. The van der Waals surface area contributed by atoms with Crippen molar-refractivity contribution in [1.29, 1.82) is 0 Å². The molecule has 1 atom stereocenters. The fourth-order valence-electron chi connectivity index (χ4n) is 4.50. The van der Waals surface area contributed by atoms with E-state index in [1.54, 1.807) is 30.3 Å². The van der Waals surface area contributed by atoms with Crippen LogP contribution in [-0.2, 0) is 4.79 Å². The summed E-state index contributed by atoms with van der Waals surface area (Å²) in [6.45, 7) is 3.75. The molecule has 0 unspecified atom stereocenters. The maximum absolute atomic E-state index is 15.1. The number of anilines is 1. The van der Waals surface area contributed by atoms with E-state index in [-0.39, 0.29) is 17.4 Å². The van der Waals surface area contributed by atoms with Crippen molar-refractivity contribution in [2.24, 2.45) is 0 Å². The molecule has 0 radical (unpaired) electrons. The van der Waals surface area contributed by atoms with Crippen molar-refractivity contribution in [1.82, 2.24) is 5.32 Å². The minimum absolute atomic E-state index is 0.0234. The Balaban J connectivity index is 1.88. The van der Waals surface area contributed by atoms with Crippen LogP contribution in [0, 0.1) is 19.7 Å². The summed E-state index contributed by atoms with van der Waals surface area (Å²) in [6.07, 6.45) is 5.26. The lowest BCUT2D eigenvalue weighted by atomic mass is 9.98. The van der Waals surface area contributed by atoms with Crippen LogP contribution in [0.3, 0.4) is 0 Å². The van der Waals surface area contributed by atoms with Crippen LogP contribution in [0.5, 0.6) is 0 Å². The molecule has 1 saturated carbocycles. The van der Waals surface area contributed by atoms with Gasteiger partial charge in [-0.3, -0.25) is 14.5 Å². The zero-order valence-electron chi connectivity index (χ0n) is 18.3. The van der Waals surface area contributed by atoms with Crippen LogP contribution in [0.15, 0.2) is 65.3 Å². The summed E-state index contributed by atoms with van der Waals surface area (Å²) in [5, 5.41) is 3.06. The molecular formula is C26H27FN2O3. The summed E-state index contributed by atoms with van der Waals surface area (Å²) in [5.74, 6) is -1.35. The molecule has 1 N–H and O–H groups in total. The van der Waals surface area contributed by atoms with Crippen LogP contribution in [0.4, 0.5) is 10.1 Å². The SMILES string of the molecule is Cc1cccc(C)c1N(C(=O)c1ccco1)[C@H](C(=O)NC1CCCC1)c1ccccc1F. The van der Waals surface area contributed by atoms with Gasteiger partial charge in [-0.15, -0.1) is 0 Å². The summed E-state index contributed by atoms with van der Waals surface area (Å²) in [6, 6.07) is 13.8. The molecule has 1 heterocycles. The first-order valence-corrected chi connectivity index (χ1v) is 11.0. The number of benzene rings is 2. The number of aryl methyl sites for hydroxylation is 2. The molecule has 5 nitrogen and oxygen atoms in total. The van der Waals surface area contributed by atoms with Gasteiger partial charge in [0.05, 0.1) is 12.0 Å². The minimum Gasteiger partial charge on any atom is -0.459 e. The number of halogens is 1. The van der Waals surface area contributed by atoms with Gasteiger partial charge in [0, 0.05) is 11.6 Å². The number of hydrogen-bond acceptors (Lipinski definition) is 3. The van der Waals surface area contributed by atoms with Gasteiger partial charge in [-0.25, -0.2) is 4.39 Å². The fourth-order valence-corrected chi connectivity index (χ4v) is 4.50. The number of amides is 2. The molecule has 6 heteroatoms. The monoisotopic (exact) mass is 434 g/mol. The van der Waals surface area contributed by atoms with Crippen LogP contribution >= 0.6 is 0 Å². The maximum Gasteiger partial charge on any atom is 0.294 e. The number of rotatable bonds is 6. The summed E-state index contributed by atoms with van der Waals surface area (Å²) in [7, 11) is 0. The second kappa shape index (κ2) is 9.39. The molecule has 2 aromatic carbocycles. The van der Waals surface area contributed by atoms with Gasteiger partial charge in [0.2, 0.25) is 5.91 Å². The van der Waals surface area contributed by atoms with Crippen LogP contribution < -0.4 is 10.2 Å². The van der Waals surface area contributed by atoms with E-state index < -0.39 is 23.7 Å². The Morgan fingerprint density at radius 1 is 1.00 bits per heavy atom. The quantitative estimate of drug-likeness (QED) is 0.559. The van der Waals surface area contributed by atoms with E-state index in [4.69, 9.17) is 4.42 Å². The summed E-state index contributed by atoms with van der Waals surface area (Å²) >= 11 is 0. The van der Waals surface area contributed by atoms with Crippen molar-refractivity contribution in [2.45, 2.75) is 51.6 Å². The smallest absolute Gasteiger partial charge is 0.294 e. The molecule has 2 amide bonds. The van der Waals surface area contributed by atoms with Crippen molar-refractivity contribution in [3.8, 4) is 0 Å². The number of nitrogens with one attached hydrogen (secondary N) is 1. The Morgan fingerprint density at radius 2 is 1.69 bits per heavy atom. The first kappa shape index (κ1) is 21.8. The van der Waals surface area contributed by atoms with Gasteiger partial charge in [0.1, 0.15) is 11.9 Å². The van der Waals surface area contributed by atoms with E-state index in [1.165, 1.54) is 17.2 Å². The standard InChI is InChI=1S/C26H27FN2O3/c1-17-9-7-10-18(2)23(17)29(26(31)22-15-8-16-32-22)24(20-13-5-6-14-21(20)27)25(30)28-19-11-3-4-12-19/h5-10,13-16,19,24H,3-4,11-12H2,1-2H3,(H,28,30)/t24-/m0/s1. The third-order valence-corrected chi connectivity index (χ3v) is 6.04. The molecule has 0 bridgehead atoms. The fraction of sp³-hybridized carbons (Fsp3) is 0.308. The van der Waals surface area contributed by atoms with Crippen LogP contribution in [-0.4, -0.2) is 17.9 Å². The Hall–Kier alpha value is -3.41. The topological polar surface area (TPSA) is 62.6 Å². The predicted octanol–water partition coefficient (Wildman–Crippen LogP) is 5.48. The average Bonchev–Trinajstić information content (AvgIpc) is 3.48. The first-order chi connectivity index (χ1) is 15.5. The van der Waals surface area contributed by atoms with Crippen LogP contribution in [0.25, 0.3) is 0 Å². The van der Waals surface area contributed by atoms with Crippen molar-refractivity contribution in [3.05, 3.63) is 89.1 Å². The van der Waals surface area contributed by atoms with Crippen molar-refractivity contribution in [3.63, 3.8) is 0 Å². The molecule has 0 spiro atoms. The lowest BCUT2D eigenvalue weighted by Gasteiger charge is -2.33.